The SMILES string of the molecule is C=CCNC(=O)NC(=O)CSc1nnc(Nc2ccc(C)cc2)s1. The quantitative estimate of drug-likeness (QED) is 0.517. The van der Waals surface area contributed by atoms with Gasteiger partial charge in [-0.1, -0.05) is 46.9 Å². The van der Waals surface area contributed by atoms with Gasteiger partial charge in [0.15, 0.2) is 4.34 Å². The van der Waals surface area contributed by atoms with E-state index in [0.717, 1.165) is 5.69 Å². The van der Waals surface area contributed by atoms with E-state index in [0.29, 0.717) is 16.0 Å². The highest BCUT2D eigenvalue weighted by Crippen LogP contribution is 2.27. The largest absolute Gasteiger partial charge is 0.334 e. The van der Waals surface area contributed by atoms with Crippen molar-refractivity contribution in [3.63, 3.8) is 0 Å². The van der Waals surface area contributed by atoms with Crippen LogP contribution in [0.4, 0.5) is 15.6 Å². The maximum Gasteiger partial charge on any atom is 0.321 e. The molecule has 0 atom stereocenters. The highest BCUT2D eigenvalue weighted by atomic mass is 32.2. The van der Waals surface area contributed by atoms with Crippen LogP contribution in [0, 0.1) is 6.92 Å². The van der Waals surface area contributed by atoms with Gasteiger partial charge in [0.2, 0.25) is 11.0 Å². The molecular formula is C15H17N5O2S2. The van der Waals surface area contributed by atoms with Crippen molar-refractivity contribution in [1.82, 2.24) is 20.8 Å². The third kappa shape index (κ3) is 6.01. The second-order valence-corrected chi connectivity index (χ2v) is 6.90. The predicted octanol–water partition coefficient (Wildman–Crippen LogP) is 2.69. The molecule has 0 aliphatic rings. The van der Waals surface area contributed by atoms with E-state index in [4.69, 9.17) is 0 Å². The average Bonchev–Trinajstić information content (AvgIpc) is 3.01. The number of imide groups is 1. The van der Waals surface area contributed by atoms with Gasteiger partial charge < -0.3 is 10.6 Å². The summed E-state index contributed by atoms with van der Waals surface area (Å²) in [6.07, 6.45) is 1.53. The number of urea groups is 1. The summed E-state index contributed by atoms with van der Waals surface area (Å²) in [6.45, 7) is 5.80. The van der Waals surface area contributed by atoms with Crippen LogP contribution in [0.1, 0.15) is 5.56 Å². The molecule has 0 aliphatic heterocycles. The monoisotopic (exact) mass is 363 g/mol. The lowest BCUT2D eigenvalue weighted by Gasteiger charge is -2.03. The van der Waals surface area contributed by atoms with Crippen LogP contribution in [0.5, 0.6) is 0 Å². The standard InChI is InChI=1S/C15H17N5O2S2/c1-3-8-16-13(22)18-12(21)9-23-15-20-19-14(24-15)17-11-6-4-10(2)5-7-11/h3-7H,1,8-9H2,2H3,(H,17,19)(H2,16,18,21,22). The van der Waals surface area contributed by atoms with Crippen molar-refractivity contribution in [3.8, 4) is 0 Å². The van der Waals surface area contributed by atoms with Crippen LogP contribution in [-0.4, -0.2) is 34.4 Å². The number of aryl methyl sites for hydroxylation is 1. The normalized spacial score (nSPS) is 10.0. The van der Waals surface area contributed by atoms with Gasteiger partial charge in [-0.3, -0.25) is 10.1 Å². The van der Waals surface area contributed by atoms with Crippen LogP contribution in [0.15, 0.2) is 41.3 Å². The zero-order valence-corrected chi connectivity index (χ0v) is 14.7. The number of rotatable bonds is 7. The Bertz CT molecular complexity index is 715. The Morgan fingerprint density at radius 1 is 1.29 bits per heavy atom. The van der Waals surface area contributed by atoms with E-state index in [1.54, 1.807) is 0 Å². The molecule has 2 rings (SSSR count). The molecule has 2 aromatic rings. The van der Waals surface area contributed by atoms with Crippen molar-refractivity contribution >= 4 is 45.9 Å². The number of carbonyl (C=O) groups is 2. The summed E-state index contributed by atoms with van der Waals surface area (Å²) in [5, 5.41) is 16.5. The first-order valence-electron chi connectivity index (χ1n) is 7.05. The topological polar surface area (TPSA) is 96.0 Å². The van der Waals surface area contributed by atoms with Crippen LogP contribution in [0.25, 0.3) is 0 Å². The molecule has 7 nitrogen and oxygen atoms in total. The molecule has 0 unspecified atom stereocenters. The summed E-state index contributed by atoms with van der Waals surface area (Å²) in [6, 6.07) is 7.37. The maximum atomic E-state index is 11.6. The molecule has 1 heterocycles. The summed E-state index contributed by atoms with van der Waals surface area (Å²) in [5.41, 5.74) is 2.10. The van der Waals surface area contributed by atoms with Crippen molar-refractivity contribution in [3.05, 3.63) is 42.5 Å². The van der Waals surface area contributed by atoms with Crippen LogP contribution in [0.3, 0.4) is 0 Å². The average molecular weight is 363 g/mol. The van der Waals surface area contributed by atoms with Gasteiger partial charge in [-0.05, 0) is 19.1 Å². The van der Waals surface area contributed by atoms with Gasteiger partial charge in [0.25, 0.3) is 0 Å². The van der Waals surface area contributed by atoms with E-state index in [9.17, 15) is 9.59 Å². The zero-order chi connectivity index (χ0) is 17.4. The minimum Gasteiger partial charge on any atom is -0.334 e. The summed E-state index contributed by atoms with van der Waals surface area (Å²) < 4.78 is 0.645. The Labute approximate surface area is 147 Å². The van der Waals surface area contributed by atoms with Crippen molar-refractivity contribution in [2.24, 2.45) is 0 Å². The minimum absolute atomic E-state index is 0.0840. The zero-order valence-electron chi connectivity index (χ0n) is 13.0. The molecule has 126 valence electrons. The molecule has 9 heteroatoms. The molecule has 0 saturated carbocycles. The molecule has 0 fully saturated rings. The maximum absolute atomic E-state index is 11.6. The van der Waals surface area contributed by atoms with Gasteiger partial charge in [0.1, 0.15) is 0 Å². The first-order valence-corrected chi connectivity index (χ1v) is 8.85. The number of nitrogens with zero attached hydrogens (tertiary/aromatic N) is 2. The molecule has 0 aliphatic carbocycles. The second kappa shape index (κ2) is 9.04. The summed E-state index contributed by atoms with van der Waals surface area (Å²) >= 11 is 2.56. The number of aromatic nitrogens is 2. The molecule has 24 heavy (non-hydrogen) atoms. The first-order chi connectivity index (χ1) is 11.6. The highest BCUT2D eigenvalue weighted by molar-refractivity contribution is 8.01. The molecule has 1 aromatic heterocycles. The van der Waals surface area contributed by atoms with E-state index >= 15 is 0 Å². The first kappa shape index (κ1) is 18.0. The van der Waals surface area contributed by atoms with Crippen molar-refractivity contribution in [2.75, 3.05) is 17.6 Å². The number of anilines is 2. The van der Waals surface area contributed by atoms with Crippen molar-refractivity contribution < 1.29 is 9.59 Å². The predicted molar refractivity (Wildman–Crippen MR) is 96.8 cm³/mol. The molecule has 3 N–H and O–H groups in total. The lowest BCUT2D eigenvalue weighted by Crippen LogP contribution is -2.40. The number of carbonyl (C=O) groups excluding carboxylic acids is 2. The van der Waals surface area contributed by atoms with Gasteiger partial charge in [-0.15, -0.1) is 16.8 Å². The Morgan fingerprint density at radius 2 is 2.04 bits per heavy atom. The summed E-state index contributed by atoms with van der Waals surface area (Å²) in [7, 11) is 0. The number of nitrogens with one attached hydrogen (secondary N) is 3. The third-order valence-electron chi connectivity index (χ3n) is 2.70. The molecule has 0 saturated heterocycles. The fourth-order valence-corrected chi connectivity index (χ4v) is 3.15. The van der Waals surface area contributed by atoms with Gasteiger partial charge >= 0.3 is 6.03 Å². The van der Waals surface area contributed by atoms with E-state index in [1.807, 2.05) is 31.2 Å². The van der Waals surface area contributed by atoms with Crippen molar-refractivity contribution in [1.29, 1.82) is 0 Å². The van der Waals surface area contributed by atoms with E-state index in [2.05, 4.69) is 32.7 Å². The number of amides is 3. The number of thioether (sulfide) groups is 1. The third-order valence-corrected chi connectivity index (χ3v) is 4.67. The molecule has 3 amide bonds. The Kier molecular flexibility index (Phi) is 6.76. The highest BCUT2D eigenvalue weighted by Gasteiger charge is 2.10. The van der Waals surface area contributed by atoms with Gasteiger partial charge in [-0.25, -0.2) is 4.79 Å². The van der Waals surface area contributed by atoms with E-state index in [1.165, 1.54) is 34.7 Å². The second-order valence-electron chi connectivity index (χ2n) is 4.70. The molecule has 0 radical (unpaired) electrons. The van der Waals surface area contributed by atoms with Crippen LogP contribution >= 0.6 is 23.1 Å². The number of hydrogen-bond acceptors (Lipinski definition) is 7. The Hall–Kier alpha value is -2.39. The number of benzene rings is 1. The van der Waals surface area contributed by atoms with Gasteiger partial charge in [-0.2, -0.15) is 0 Å². The van der Waals surface area contributed by atoms with Crippen LogP contribution < -0.4 is 16.0 Å². The molecule has 0 spiro atoms. The Morgan fingerprint density at radius 3 is 2.75 bits per heavy atom. The fraction of sp³-hybridized carbons (Fsp3) is 0.200. The van der Waals surface area contributed by atoms with Crippen LogP contribution in [-0.2, 0) is 4.79 Å². The van der Waals surface area contributed by atoms with Gasteiger partial charge in [0.05, 0.1) is 5.75 Å². The summed E-state index contributed by atoms with van der Waals surface area (Å²) in [4.78, 5) is 23.0. The lowest BCUT2D eigenvalue weighted by atomic mass is 10.2. The van der Waals surface area contributed by atoms with Crippen LogP contribution in [0.2, 0.25) is 0 Å². The van der Waals surface area contributed by atoms with Gasteiger partial charge in [0, 0.05) is 12.2 Å². The van der Waals surface area contributed by atoms with E-state index in [-0.39, 0.29) is 5.75 Å². The Balaban J connectivity index is 1.79. The van der Waals surface area contributed by atoms with E-state index < -0.39 is 11.9 Å². The number of hydrogen-bond donors (Lipinski definition) is 3. The van der Waals surface area contributed by atoms with Crippen molar-refractivity contribution in [2.45, 2.75) is 11.3 Å². The lowest BCUT2D eigenvalue weighted by molar-refractivity contribution is -0.117. The fourth-order valence-electron chi connectivity index (χ4n) is 1.58. The summed E-state index contributed by atoms with van der Waals surface area (Å²) in [5.74, 6) is -0.314. The minimum atomic E-state index is -0.542. The smallest absolute Gasteiger partial charge is 0.321 e. The molecular weight excluding hydrogens is 346 g/mol. The molecule has 1 aromatic carbocycles. The molecule has 0 bridgehead atoms.